The Morgan fingerprint density at radius 2 is 1.85 bits per heavy atom. The first kappa shape index (κ1) is 15.8. The van der Waals surface area contributed by atoms with Crippen molar-refractivity contribution in [3.8, 4) is 0 Å². The van der Waals surface area contributed by atoms with Crippen LogP contribution in [0.3, 0.4) is 0 Å². The monoisotopic (exact) mass is 281 g/mol. The maximum atomic E-state index is 12.3. The zero-order valence-electron chi connectivity index (χ0n) is 13.5. The number of likely N-dealkylation sites (N-methyl/N-ethyl adjacent to an activating group) is 1. The molecule has 0 aromatic heterocycles. The fourth-order valence-electron chi connectivity index (χ4n) is 3.69. The van der Waals surface area contributed by atoms with Crippen LogP contribution in [0.15, 0.2) is 0 Å². The second kappa shape index (κ2) is 6.90. The van der Waals surface area contributed by atoms with Crippen LogP contribution in [-0.4, -0.2) is 49.6 Å². The van der Waals surface area contributed by atoms with E-state index in [1.807, 2.05) is 0 Å². The highest BCUT2D eigenvalue weighted by Gasteiger charge is 2.34. The molecule has 2 fully saturated rings. The minimum absolute atomic E-state index is 0.247. The van der Waals surface area contributed by atoms with Gasteiger partial charge in [0, 0.05) is 31.1 Å². The van der Waals surface area contributed by atoms with Crippen LogP contribution in [0, 0.1) is 11.8 Å². The Balaban J connectivity index is 1.79. The Labute approximate surface area is 123 Å². The largest absolute Gasteiger partial charge is 0.352 e. The average Bonchev–Trinajstić information content (AvgIpc) is 2.67. The summed E-state index contributed by atoms with van der Waals surface area (Å²) in [5.74, 6) is 1.31. The summed E-state index contributed by atoms with van der Waals surface area (Å²) in [6.45, 7) is 5.28. The van der Waals surface area contributed by atoms with Gasteiger partial charge in [-0.05, 0) is 51.6 Å². The number of piperidine rings is 1. The second-order valence-corrected chi connectivity index (χ2v) is 7.36. The Morgan fingerprint density at radius 3 is 2.35 bits per heavy atom. The Morgan fingerprint density at radius 1 is 1.25 bits per heavy atom. The van der Waals surface area contributed by atoms with Crippen LogP contribution < -0.4 is 10.6 Å². The van der Waals surface area contributed by atoms with Crippen LogP contribution in [0.2, 0.25) is 0 Å². The number of fused-ring (bicyclic) bond motifs is 2. The van der Waals surface area contributed by atoms with Crippen molar-refractivity contribution in [1.82, 2.24) is 15.5 Å². The first-order chi connectivity index (χ1) is 9.44. The van der Waals surface area contributed by atoms with Gasteiger partial charge in [-0.2, -0.15) is 0 Å². The van der Waals surface area contributed by atoms with E-state index in [1.165, 1.54) is 25.7 Å². The van der Waals surface area contributed by atoms with Gasteiger partial charge < -0.3 is 15.5 Å². The van der Waals surface area contributed by atoms with Crippen LogP contribution >= 0.6 is 0 Å². The predicted octanol–water partition coefficient (Wildman–Crippen LogP) is 1.61. The fraction of sp³-hybridized carbons (Fsp3) is 0.938. The van der Waals surface area contributed by atoms with Crippen LogP contribution in [0.4, 0.5) is 0 Å². The third-order valence-electron chi connectivity index (χ3n) is 4.76. The summed E-state index contributed by atoms with van der Waals surface area (Å²) in [4.78, 5) is 14.4. The maximum absolute atomic E-state index is 12.3. The van der Waals surface area contributed by atoms with Crippen molar-refractivity contribution < 1.29 is 4.79 Å². The molecule has 2 bridgehead atoms. The molecule has 0 aromatic carbocycles. The molecule has 0 aromatic rings. The zero-order chi connectivity index (χ0) is 14.7. The molecule has 2 heterocycles. The van der Waals surface area contributed by atoms with Gasteiger partial charge in [0.05, 0.1) is 0 Å². The molecule has 2 saturated heterocycles. The molecule has 0 spiro atoms. The molecule has 4 nitrogen and oxygen atoms in total. The van der Waals surface area contributed by atoms with E-state index in [0.717, 1.165) is 6.54 Å². The molecular formula is C16H31N3O. The summed E-state index contributed by atoms with van der Waals surface area (Å²) in [7, 11) is 4.12. The van der Waals surface area contributed by atoms with E-state index in [1.54, 1.807) is 0 Å². The Kier molecular flexibility index (Phi) is 5.44. The predicted molar refractivity (Wildman–Crippen MR) is 82.6 cm³/mol. The van der Waals surface area contributed by atoms with E-state index >= 15 is 0 Å². The lowest BCUT2D eigenvalue weighted by Gasteiger charge is -2.30. The normalized spacial score (nSPS) is 30.8. The quantitative estimate of drug-likeness (QED) is 0.777. The number of carbonyl (C=O) groups excluding carboxylic acids is 1. The highest BCUT2D eigenvalue weighted by molar-refractivity contribution is 5.76. The SMILES string of the molecule is CC(C)C(CN(C)C)NC(=O)CC1CC2CCC(C1)N2. The van der Waals surface area contributed by atoms with Gasteiger partial charge in [0.15, 0.2) is 0 Å². The van der Waals surface area contributed by atoms with Gasteiger partial charge in [-0.1, -0.05) is 13.8 Å². The molecular weight excluding hydrogens is 250 g/mol. The topological polar surface area (TPSA) is 44.4 Å². The van der Waals surface area contributed by atoms with E-state index in [4.69, 9.17) is 0 Å². The molecule has 0 aliphatic carbocycles. The van der Waals surface area contributed by atoms with Crippen LogP contribution in [0.25, 0.3) is 0 Å². The smallest absolute Gasteiger partial charge is 0.220 e. The first-order valence-corrected chi connectivity index (χ1v) is 8.14. The van der Waals surface area contributed by atoms with Gasteiger partial charge in [-0.25, -0.2) is 0 Å². The standard InChI is InChI=1S/C16H31N3O/c1-11(2)15(10-19(3)4)18-16(20)9-12-7-13-5-6-14(8-12)17-13/h11-15,17H,5-10H2,1-4H3,(H,18,20). The van der Waals surface area contributed by atoms with Crippen molar-refractivity contribution in [3.05, 3.63) is 0 Å². The summed E-state index contributed by atoms with van der Waals surface area (Å²) in [5.41, 5.74) is 0. The molecule has 20 heavy (non-hydrogen) atoms. The molecule has 2 aliphatic rings. The van der Waals surface area contributed by atoms with Crippen molar-refractivity contribution in [2.75, 3.05) is 20.6 Å². The van der Waals surface area contributed by atoms with Crippen molar-refractivity contribution in [3.63, 3.8) is 0 Å². The summed E-state index contributed by atoms with van der Waals surface area (Å²) in [5, 5.41) is 6.88. The van der Waals surface area contributed by atoms with Crippen molar-refractivity contribution in [1.29, 1.82) is 0 Å². The van der Waals surface area contributed by atoms with Gasteiger partial charge in [-0.3, -0.25) is 4.79 Å². The lowest BCUT2D eigenvalue weighted by molar-refractivity contribution is -0.123. The summed E-state index contributed by atoms with van der Waals surface area (Å²) in [6.07, 6.45) is 5.69. The average molecular weight is 281 g/mol. The van der Waals surface area contributed by atoms with Crippen molar-refractivity contribution in [2.45, 2.75) is 64.1 Å². The Hall–Kier alpha value is -0.610. The van der Waals surface area contributed by atoms with E-state index in [-0.39, 0.29) is 11.9 Å². The third-order valence-corrected chi connectivity index (χ3v) is 4.76. The number of carbonyl (C=O) groups is 1. The lowest BCUT2D eigenvalue weighted by Crippen LogP contribution is -2.46. The van der Waals surface area contributed by atoms with Gasteiger partial charge in [0.1, 0.15) is 0 Å². The molecule has 2 N–H and O–H groups in total. The van der Waals surface area contributed by atoms with E-state index in [9.17, 15) is 4.79 Å². The molecule has 4 heteroatoms. The number of hydrogen-bond acceptors (Lipinski definition) is 3. The summed E-state index contributed by atoms with van der Waals surface area (Å²) < 4.78 is 0. The lowest BCUT2D eigenvalue weighted by atomic mass is 9.89. The first-order valence-electron chi connectivity index (χ1n) is 8.14. The second-order valence-electron chi connectivity index (χ2n) is 7.36. The van der Waals surface area contributed by atoms with Gasteiger partial charge >= 0.3 is 0 Å². The Bertz CT molecular complexity index is 318. The molecule has 2 aliphatic heterocycles. The molecule has 3 unspecified atom stereocenters. The molecule has 3 atom stereocenters. The number of nitrogens with one attached hydrogen (secondary N) is 2. The minimum atomic E-state index is 0.247. The maximum Gasteiger partial charge on any atom is 0.220 e. The van der Waals surface area contributed by atoms with Crippen LogP contribution in [-0.2, 0) is 4.79 Å². The molecule has 116 valence electrons. The van der Waals surface area contributed by atoms with Gasteiger partial charge in [0.25, 0.3) is 0 Å². The highest BCUT2D eigenvalue weighted by Crippen LogP contribution is 2.32. The van der Waals surface area contributed by atoms with E-state index in [2.05, 4.69) is 43.5 Å². The van der Waals surface area contributed by atoms with Gasteiger partial charge in [0.2, 0.25) is 5.91 Å². The van der Waals surface area contributed by atoms with Crippen molar-refractivity contribution >= 4 is 5.91 Å². The summed E-state index contributed by atoms with van der Waals surface area (Å²) in [6, 6.07) is 1.61. The number of hydrogen-bond donors (Lipinski definition) is 2. The summed E-state index contributed by atoms with van der Waals surface area (Å²) >= 11 is 0. The molecule has 0 radical (unpaired) electrons. The molecule has 1 amide bonds. The van der Waals surface area contributed by atoms with Crippen molar-refractivity contribution in [2.24, 2.45) is 11.8 Å². The minimum Gasteiger partial charge on any atom is -0.352 e. The van der Waals surface area contributed by atoms with Crippen LogP contribution in [0.1, 0.15) is 46.0 Å². The van der Waals surface area contributed by atoms with E-state index in [0.29, 0.717) is 30.3 Å². The van der Waals surface area contributed by atoms with Crippen LogP contribution in [0.5, 0.6) is 0 Å². The molecule has 2 rings (SSSR count). The number of nitrogens with zero attached hydrogens (tertiary/aromatic N) is 1. The number of amides is 1. The third kappa shape index (κ3) is 4.45. The molecule has 0 saturated carbocycles. The fourth-order valence-corrected chi connectivity index (χ4v) is 3.69. The van der Waals surface area contributed by atoms with E-state index < -0.39 is 0 Å². The highest BCUT2D eigenvalue weighted by atomic mass is 16.1. The zero-order valence-corrected chi connectivity index (χ0v) is 13.5. The number of rotatable bonds is 6. The van der Waals surface area contributed by atoms with Gasteiger partial charge in [-0.15, -0.1) is 0 Å².